The molecule has 0 amide bonds. The van der Waals surface area contributed by atoms with E-state index in [1.54, 1.807) is 23.9 Å². The number of benzene rings is 3. The Morgan fingerprint density at radius 1 is 1.03 bits per heavy atom. The zero-order valence-electron chi connectivity index (χ0n) is 17.5. The van der Waals surface area contributed by atoms with Gasteiger partial charge in [0, 0.05) is 16.2 Å². The number of nitrogens with zero attached hydrogens (tertiary/aromatic N) is 3. The zero-order chi connectivity index (χ0) is 22.5. The lowest BCUT2D eigenvalue weighted by Gasteiger charge is -2.39. The molecule has 4 aromatic rings. The summed E-state index contributed by atoms with van der Waals surface area (Å²) in [5.41, 5.74) is 4.46. The number of rotatable bonds is 3. The molecule has 1 aromatic heterocycles. The second kappa shape index (κ2) is 7.64. The Labute approximate surface area is 194 Å². The van der Waals surface area contributed by atoms with Crippen molar-refractivity contribution in [2.75, 3.05) is 12.4 Å². The zero-order valence-corrected chi connectivity index (χ0v) is 18.3. The highest BCUT2D eigenvalue weighted by Crippen LogP contribution is 2.51. The fourth-order valence-corrected chi connectivity index (χ4v) is 4.58. The number of aromatic nitrogens is 3. The summed E-state index contributed by atoms with van der Waals surface area (Å²) in [6.45, 7) is 0. The molecule has 0 aliphatic carbocycles. The van der Waals surface area contributed by atoms with Gasteiger partial charge >= 0.3 is 0 Å². The lowest BCUT2D eigenvalue weighted by atomic mass is 9.84. The van der Waals surface area contributed by atoms with E-state index in [0.29, 0.717) is 22.5 Å². The molecule has 2 atom stereocenters. The summed E-state index contributed by atoms with van der Waals surface area (Å²) in [6.07, 6.45) is 1.07. The molecule has 0 saturated carbocycles. The van der Waals surface area contributed by atoms with Gasteiger partial charge in [0.2, 0.25) is 5.95 Å². The topological polar surface area (TPSA) is 61.2 Å². The molecule has 33 heavy (non-hydrogen) atoms. The van der Waals surface area contributed by atoms with E-state index < -0.39 is 6.10 Å². The van der Waals surface area contributed by atoms with Crippen molar-refractivity contribution in [2.45, 2.75) is 12.1 Å². The van der Waals surface area contributed by atoms with Crippen LogP contribution in [0.15, 0.2) is 78.6 Å². The molecule has 164 valence electrons. The van der Waals surface area contributed by atoms with Crippen molar-refractivity contribution in [3.05, 3.63) is 106 Å². The first-order valence-corrected chi connectivity index (χ1v) is 10.8. The average Bonchev–Trinajstić information content (AvgIpc) is 3.31. The largest absolute Gasteiger partial charge is 0.497 e. The molecule has 0 radical (unpaired) electrons. The van der Waals surface area contributed by atoms with E-state index in [4.69, 9.17) is 21.1 Å². The van der Waals surface area contributed by atoms with E-state index in [0.717, 1.165) is 28.0 Å². The van der Waals surface area contributed by atoms with Gasteiger partial charge < -0.3 is 14.8 Å². The summed E-state index contributed by atoms with van der Waals surface area (Å²) in [4.78, 5) is 4.41. The minimum Gasteiger partial charge on any atom is -0.497 e. The number of hydrogen-bond acceptors (Lipinski definition) is 5. The van der Waals surface area contributed by atoms with Gasteiger partial charge in [-0.15, -0.1) is 0 Å². The summed E-state index contributed by atoms with van der Waals surface area (Å²) in [7, 11) is 1.63. The molecule has 0 saturated heterocycles. The Hall–Kier alpha value is -3.84. The molecule has 3 aromatic carbocycles. The van der Waals surface area contributed by atoms with Crippen molar-refractivity contribution in [1.82, 2.24) is 14.8 Å². The van der Waals surface area contributed by atoms with Gasteiger partial charge in [-0.1, -0.05) is 35.9 Å². The molecule has 6 nitrogen and oxygen atoms in total. The highest BCUT2D eigenvalue weighted by Gasteiger charge is 2.41. The van der Waals surface area contributed by atoms with Crippen LogP contribution in [0.5, 0.6) is 11.5 Å². The van der Waals surface area contributed by atoms with E-state index in [9.17, 15) is 4.39 Å². The van der Waals surface area contributed by atoms with Crippen LogP contribution in [0, 0.1) is 5.82 Å². The molecule has 0 spiro atoms. The third-order valence-electron chi connectivity index (χ3n) is 5.98. The van der Waals surface area contributed by atoms with Gasteiger partial charge in [0.25, 0.3) is 0 Å². The van der Waals surface area contributed by atoms with Crippen molar-refractivity contribution in [1.29, 1.82) is 0 Å². The molecule has 0 bridgehead atoms. The maximum atomic E-state index is 13.8. The summed E-state index contributed by atoms with van der Waals surface area (Å²) < 4.78 is 27.6. The maximum absolute atomic E-state index is 13.8. The molecule has 0 unspecified atom stereocenters. The molecule has 6 rings (SSSR count). The van der Waals surface area contributed by atoms with Crippen LogP contribution in [-0.2, 0) is 0 Å². The Kier molecular flexibility index (Phi) is 4.58. The van der Waals surface area contributed by atoms with Gasteiger partial charge in [-0.2, -0.15) is 10.1 Å². The van der Waals surface area contributed by atoms with Crippen molar-refractivity contribution in [3.63, 3.8) is 0 Å². The Morgan fingerprint density at radius 2 is 1.79 bits per heavy atom. The maximum Gasteiger partial charge on any atom is 0.226 e. The van der Waals surface area contributed by atoms with Gasteiger partial charge in [-0.05, 0) is 53.6 Å². The molecule has 3 heterocycles. The normalized spacial score (nSPS) is 18.5. The molecule has 2 aliphatic heterocycles. The summed E-state index contributed by atoms with van der Waals surface area (Å²) in [5.74, 6) is 1.72. The number of fused-ring (bicyclic) bond motifs is 3. The fraction of sp³-hybridized carbons (Fsp3) is 0.120. The van der Waals surface area contributed by atoms with Crippen molar-refractivity contribution in [2.24, 2.45) is 0 Å². The van der Waals surface area contributed by atoms with Crippen LogP contribution in [0.3, 0.4) is 0 Å². The van der Waals surface area contributed by atoms with Crippen LogP contribution in [0.2, 0.25) is 5.02 Å². The monoisotopic (exact) mass is 460 g/mol. The number of ether oxygens (including phenoxy) is 2. The molecule has 8 heteroatoms. The Bertz CT molecular complexity index is 1380. The van der Waals surface area contributed by atoms with E-state index >= 15 is 0 Å². The minimum absolute atomic E-state index is 0.301. The molecular weight excluding hydrogens is 443 g/mol. The van der Waals surface area contributed by atoms with Crippen LogP contribution >= 0.6 is 11.6 Å². The van der Waals surface area contributed by atoms with Crippen LogP contribution < -0.4 is 14.8 Å². The van der Waals surface area contributed by atoms with Crippen LogP contribution in [-0.4, -0.2) is 21.9 Å². The van der Waals surface area contributed by atoms with Gasteiger partial charge in [0.1, 0.15) is 35.8 Å². The quantitative estimate of drug-likeness (QED) is 0.428. The van der Waals surface area contributed by atoms with Gasteiger partial charge in [0.15, 0.2) is 0 Å². The van der Waals surface area contributed by atoms with E-state index in [-0.39, 0.29) is 11.9 Å². The number of hydrogen-bond donors (Lipinski definition) is 1. The smallest absolute Gasteiger partial charge is 0.226 e. The van der Waals surface area contributed by atoms with Crippen LogP contribution in [0.4, 0.5) is 10.3 Å². The summed E-state index contributed by atoms with van der Waals surface area (Å²) in [6, 6.07) is 19.3. The number of halogens is 2. The minimum atomic E-state index is -0.432. The highest BCUT2D eigenvalue weighted by atomic mass is 35.5. The van der Waals surface area contributed by atoms with Gasteiger partial charge in [0.05, 0.1) is 12.8 Å². The first-order chi connectivity index (χ1) is 16.1. The van der Waals surface area contributed by atoms with E-state index in [2.05, 4.69) is 15.4 Å². The lowest BCUT2D eigenvalue weighted by Crippen LogP contribution is -2.32. The molecular formula is C25H18ClFN4O2. The van der Waals surface area contributed by atoms with Gasteiger partial charge in [-0.3, -0.25) is 0 Å². The van der Waals surface area contributed by atoms with E-state index in [1.807, 2.05) is 42.5 Å². The Morgan fingerprint density at radius 3 is 2.55 bits per heavy atom. The summed E-state index contributed by atoms with van der Waals surface area (Å²) >= 11 is 6.16. The molecule has 1 N–H and O–H groups in total. The SMILES string of the molecule is COc1ccc2c(c1)C1=C([C@H](c3ccc(F)cc3)n3ncnc3N1)[C@@H](c1ccc(Cl)cc1)O2. The summed E-state index contributed by atoms with van der Waals surface area (Å²) in [5, 5.41) is 8.56. The standard InChI is InChI=1S/C25H18ClFN4O2/c1-32-18-10-11-20-19(12-18)22-21(24(33-20)15-2-6-16(26)7-3-15)23(14-4-8-17(27)9-5-14)31-25(30-22)28-13-29-31/h2-13,23-24H,1H3,(H,28,29,30)/t23-,24+/m0/s1. The third-order valence-corrected chi connectivity index (χ3v) is 6.23. The predicted octanol–water partition coefficient (Wildman–Crippen LogP) is 5.64. The first-order valence-electron chi connectivity index (χ1n) is 10.4. The molecule has 2 aliphatic rings. The average molecular weight is 461 g/mol. The second-order valence-corrected chi connectivity index (χ2v) is 8.29. The number of methoxy groups -OCH3 is 1. The van der Waals surface area contributed by atoms with Crippen molar-refractivity contribution >= 4 is 23.2 Å². The predicted molar refractivity (Wildman–Crippen MR) is 123 cm³/mol. The van der Waals surface area contributed by atoms with Crippen molar-refractivity contribution in [3.8, 4) is 11.5 Å². The Balaban J connectivity index is 1.62. The van der Waals surface area contributed by atoms with E-state index in [1.165, 1.54) is 18.5 Å². The fourth-order valence-electron chi connectivity index (χ4n) is 4.45. The third kappa shape index (κ3) is 3.24. The molecule has 0 fully saturated rings. The number of anilines is 1. The number of nitrogens with one attached hydrogen (secondary N) is 1. The van der Waals surface area contributed by atoms with Gasteiger partial charge in [-0.25, -0.2) is 9.07 Å². The lowest BCUT2D eigenvalue weighted by molar-refractivity contribution is 0.222. The van der Waals surface area contributed by atoms with Crippen LogP contribution in [0.25, 0.3) is 5.70 Å². The first kappa shape index (κ1) is 19.8. The second-order valence-electron chi connectivity index (χ2n) is 7.85. The highest BCUT2D eigenvalue weighted by molar-refractivity contribution is 6.30. The van der Waals surface area contributed by atoms with Crippen LogP contribution in [0.1, 0.15) is 28.8 Å². The van der Waals surface area contributed by atoms with Crippen molar-refractivity contribution < 1.29 is 13.9 Å².